The van der Waals surface area contributed by atoms with Gasteiger partial charge in [-0.05, 0) is 6.42 Å². The summed E-state index contributed by atoms with van der Waals surface area (Å²) in [4.78, 5) is 10.3. The predicted octanol–water partition coefficient (Wildman–Crippen LogP) is -0.928. The van der Waals surface area contributed by atoms with Gasteiger partial charge in [-0.1, -0.05) is 0 Å². The lowest BCUT2D eigenvalue weighted by molar-refractivity contribution is -0.118. The lowest BCUT2D eigenvalue weighted by Gasteiger charge is -2.12. The molecule has 4 nitrogen and oxygen atoms in total. The van der Waals surface area contributed by atoms with Crippen LogP contribution in [-0.2, 0) is 4.79 Å². The standard InChI is InChI=1S/C6H13N3O/c7-6(10)2-5-9-4-1-3-8-9/h8H,1-5H2,(H2,7,10). The van der Waals surface area contributed by atoms with Gasteiger partial charge in [0.25, 0.3) is 0 Å². The number of hydrogen-bond acceptors (Lipinski definition) is 3. The van der Waals surface area contributed by atoms with E-state index in [1.54, 1.807) is 0 Å². The van der Waals surface area contributed by atoms with Crippen molar-refractivity contribution in [3.05, 3.63) is 0 Å². The number of hydrazine groups is 1. The summed E-state index contributed by atoms with van der Waals surface area (Å²) in [5.41, 5.74) is 8.11. The topological polar surface area (TPSA) is 58.4 Å². The molecule has 10 heavy (non-hydrogen) atoms. The fraction of sp³-hybridized carbons (Fsp3) is 0.833. The van der Waals surface area contributed by atoms with E-state index >= 15 is 0 Å². The molecule has 1 aliphatic rings. The number of carbonyl (C=O) groups is 1. The van der Waals surface area contributed by atoms with Crippen LogP contribution in [0.4, 0.5) is 0 Å². The van der Waals surface area contributed by atoms with Crippen LogP contribution in [0.3, 0.4) is 0 Å². The molecule has 0 unspecified atom stereocenters. The van der Waals surface area contributed by atoms with Crippen molar-refractivity contribution in [2.45, 2.75) is 12.8 Å². The summed E-state index contributed by atoms with van der Waals surface area (Å²) >= 11 is 0. The number of amides is 1. The van der Waals surface area contributed by atoms with Crippen molar-refractivity contribution in [3.63, 3.8) is 0 Å². The first kappa shape index (κ1) is 7.50. The smallest absolute Gasteiger partial charge is 0.218 e. The van der Waals surface area contributed by atoms with Gasteiger partial charge in [-0.3, -0.25) is 10.2 Å². The van der Waals surface area contributed by atoms with Crippen molar-refractivity contribution in [1.29, 1.82) is 0 Å². The molecule has 0 aromatic carbocycles. The van der Waals surface area contributed by atoms with E-state index in [0.717, 1.165) is 19.6 Å². The third kappa shape index (κ3) is 2.33. The molecule has 0 aromatic rings. The van der Waals surface area contributed by atoms with E-state index in [9.17, 15) is 4.79 Å². The van der Waals surface area contributed by atoms with Gasteiger partial charge in [-0.25, -0.2) is 5.01 Å². The number of nitrogens with two attached hydrogens (primary N) is 1. The second-order valence-electron chi connectivity index (χ2n) is 2.47. The number of nitrogens with one attached hydrogen (secondary N) is 1. The van der Waals surface area contributed by atoms with Gasteiger partial charge in [0.05, 0.1) is 0 Å². The lowest BCUT2D eigenvalue weighted by atomic mass is 10.4. The van der Waals surface area contributed by atoms with Crippen molar-refractivity contribution in [1.82, 2.24) is 10.4 Å². The summed E-state index contributed by atoms with van der Waals surface area (Å²) in [5, 5.41) is 2.03. The van der Waals surface area contributed by atoms with Crippen LogP contribution in [0.5, 0.6) is 0 Å². The molecule has 0 saturated carbocycles. The van der Waals surface area contributed by atoms with Gasteiger partial charge in [0.15, 0.2) is 0 Å². The minimum absolute atomic E-state index is 0.228. The summed E-state index contributed by atoms with van der Waals surface area (Å²) in [6, 6.07) is 0. The van der Waals surface area contributed by atoms with E-state index in [1.807, 2.05) is 5.01 Å². The summed E-state index contributed by atoms with van der Waals surface area (Å²) in [6.45, 7) is 2.81. The average Bonchev–Trinajstić information content (AvgIpc) is 2.34. The van der Waals surface area contributed by atoms with Crippen LogP contribution in [0, 0.1) is 0 Å². The zero-order valence-corrected chi connectivity index (χ0v) is 5.97. The molecular formula is C6H13N3O. The van der Waals surface area contributed by atoms with Crippen LogP contribution in [0.1, 0.15) is 12.8 Å². The number of hydrogen-bond donors (Lipinski definition) is 2. The Balaban J connectivity index is 2.07. The Hall–Kier alpha value is -0.610. The zero-order chi connectivity index (χ0) is 7.40. The SMILES string of the molecule is NC(=O)CCN1CCCN1. The molecule has 1 aliphatic heterocycles. The Labute approximate surface area is 60.3 Å². The Morgan fingerprint density at radius 3 is 3.00 bits per heavy atom. The number of nitrogens with zero attached hydrogens (tertiary/aromatic N) is 1. The highest BCUT2D eigenvalue weighted by atomic mass is 16.1. The van der Waals surface area contributed by atoms with Crippen LogP contribution in [0.2, 0.25) is 0 Å². The third-order valence-electron chi connectivity index (χ3n) is 1.57. The quantitative estimate of drug-likeness (QED) is 0.536. The average molecular weight is 143 g/mol. The van der Waals surface area contributed by atoms with Gasteiger partial charge in [0.1, 0.15) is 0 Å². The molecule has 0 aliphatic carbocycles. The summed E-state index contributed by atoms with van der Waals surface area (Å²) < 4.78 is 0. The number of primary amides is 1. The monoisotopic (exact) mass is 143 g/mol. The second-order valence-corrected chi connectivity index (χ2v) is 2.47. The summed E-state index contributed by atoms with van der Waals surface area (Å²) in [5.74, 6) is -0.228. The van der Waals surface area contributed by atoms with E-state index in [4.69, 9.17) is 5.73 Å². The van der Waals surface area contributed by atoms with E-state index in [2.05, 4.69) is 5.43 Å². The van der Waals surface area contributed by atoms with Crippen molar-refractivity contribution in [3.8, 4) is 0 Å². The van der Waals surface area contributed by atoms with Crippen LogP contribution < -0.4 is 11.2 Å². The molecule has 0 aromatic heterocycles. The van der Waals surface area contributed by atoms with Gasteiger partial charge >= 0.3 is 0 Å². The molecule has 58 valence electrons. The van der Waals surface area contributed by atoms with Crippen LogP contribution >= 0.6 is 0 Å². The van der Waals surface area contributed by atoms with Gasteiger partial charge in [-0.2, -0.15) is 0 Å². The summed E-state index contributed by atoms with van der Waals surface area (Å²) in [6.07, 6.45) is 1.62. The lowest BCUT2D eigenvalue weighted by Crippen LogP contribution is -2.33. The highest BCUT2D eigenvalue weighted by molar-refractivity contribution is 5.73. The maximum Gasteiger partial charge on any atom is 0.218 e. The zero-order valence-electron chi connectivity index (χ0n) is 5.97. The minimum Gasteiger partial charge on any atom is -0.370 e. The Morgan fingerprint density at radius 1 is 1.70 bits per heavy atom. The van der Waals surface area contributed by atoms with Crippen molar-refractivity contribution < 1.29 is 4.79 Å². The van der Waals surface area contributed by atoms with Crippen molar-refractivity contribution >= 4 is 5.91 Å². The molecule has 0 radical (unpaired) electrons. The third-order valence-corrected chi connectivity index (χ3v) is 1.57. The molecule has 0 spiro atoms. The van der Waals surface area contributed by atoms with Gasteiger partial charge in [0, 0.05) is 26.1 Å². The highest BCUT2D eigenvalue weighted by Gasteiger charge is 2.10. The predicted molar refractivity (Wildman–Crippen MR) is 38.0 cm³/mol. The van der Waals surface area contributed by atoms with E-state index in [0.29, 0.717) is 6.42 Å². The summed E-state index contributed by atoms with van der Waals surface area (Å²) in [7, 11) is 0. The Bertz CT molecular complexity index is 120. The van der Waals surface area contributed by atoms with Crippen molar-refractivity contribution in [2.75, 3.05) is 19.6 Å². The maximum atomic E-state index is 10.3. The Kier molecular flexibility index (Phi) is 2.65. The molecular weight excluding hydrogens is 130 g/mol. The van der Waals surface area contributed by atoms with E-state index in [-0.39, 0.29) is 5.91 Å². The van der Waals surface area contributed by atoms with Crippen LogP contribution in [0.15, 0.2) is 0 Å². The largest absolute Gasteiger partial charge is 0.370 e. The molecule has 1 saturated heterocycles. The molecule has 1 heterocycles. The fourth-order valence-electron chi connectivity index (χ4n) is 1.02. The van der Waals surface area contributed by atoms with Crippen LogP contribution in [0.25, 0.3) is 0 Å². The number of carbonyl (C=O) groups excluding carboxylic acids is 1. The Morgan fingerprint density at radius 2 is 2.50 bits per heavy atom. The first-order chi connectivity index (χ1) is 4.79. The normalized spacial score (nSPS) is 19.6. The van der Waals surface area contributed by atoms with Gasteiger partial charge < -0.3 is 5.73 Å². The van der Waals surface area contributed by atoms with Gasteiger partial charge in [0.2, 0.25) is 5.91 Å². The van der Waals surface area contributed by atoms with E-state index < -0.39 is 0 Å². The molecule has 0 atom stereocenters. The van der Waals surface area contributed by atoms with Crippen molar-refractivity contribution in [2.24, 2.45) is 5.73 Å². The maximum absolute atomic E-state index is 10.3. The molecule has 4 heteroatoms. The molecule has 3 N–H and O–H groups in total. The van der Waals surface area contributed by atoms with Crippen LogP contribution in [-0.4, -0.2) is 30.6 Å². The highest BCUT2D eigenvalue weighted by Crippen LogP contribution is 1.95. The molecule has 1 amide bonds. The fourth-order valence-corrected chi connectivity index (χ4v) is 1.02. The number of rotatable bonds is 3. The second kappa shape index (κ2) is 3.53. The first-order valence-electron chi connectivity index (χ1n) is 3.56. The minimum atomic E-state index is -0.228. The molecule has 0 bridgehead atoms. The molecule has 1 rings (SSSR count). The van der Waals surface area contributed by atoms with Gasteiger partial charge in [-0.15, -0.1) is 0 Å². The molecule has 1 fully saturated rings. The first-order valence-corrected chi connectivity index (χ1v) is 3.56. The van der Waals surface area contributed by atoms with E-state index in [1.165, 1.54) is 6.42 Å².